The zero-order chi connectivity index (χ0) is 15.2. The van der Waals surface area contributed by atoms with E-state index in [4.69, 9.17) is 10.5 Å². The van der Waals surface area contributed by atoms with Crippen LogP contribution in [0.25, 0.3) is 0 Å². The van der Waals surface area contributed by atoms with Crippen LogP contribution in [0.3, 0.4) is 0 Å². The van der Waals surface area contributed by atoms with E-state index in [9.17, 15) is 10.1 Å². The number of rotatable bonds is 6. The molecule has 2 N–H and O–H groups in total. The van der Waals surface area contributed by atoms with E-state index in [1.807, 2.05) is 31.2 Å². The Kier molecular flexibility index (Phi) is 4.90. The average molecular weight is 286 g/mol. The van der Waals surface area contributed by atoms with Gasteiger partial charge in [0.2, 0.25) is 0 Å². The van der Waals surface area contributed by atoms with Gasteiger partial charge in [-0.25, -0.2) is 0 Å². The lowest BCUT2D eigenvalue weighted by atomic mass is 10.1. The Hall–Kier alpha value is -2.40. The van der Waals surface area contributed by atoms with Gasteiger partial charge in [-0.3, -0.25) is 10.1 Å². The van der Waals surface area contributed by atoms with Gasteiger partial charge < -0.3 is 10.5 Å². The maximum atomic E-state index is 10.9. The largest absolute Gasteiger partial charge is 0.493 e. The SMILES string of the molecule is C[C@H](N)c1cccc(OCCc2ccccc2[N+](=O)[O-])c1. The fraction of sp³-hybridized carbons (Fsp3) is 0.250. The molecule has 0 heterocycles. The smallest absolute Gasteiger partial charge is 0.272 e. The second kappa shape index (κ2) is 6.85. The minimum absolute atomic E-state index is 0.0521. The van der Waals surface area contributed by atoms with Gasteiger partial charge in [0.25, 0.3) is 5.69 Å². The van der Waals surface area contributed by atoms with Crippen molar-refractivity contribution >= 4 is 5.69 Å². The number of nitro benzene ring substituents is 1. The van der Waals surface area contributed by atoms with Crippen molar-refractivity contribution in [3.8, 4) is 5.75 Å². The van der Waals surface area contributed by atoms with Crippen LogP contribution in [0.1, 0.15) is 24.1 Å². The van der Waals surface area contributed by atoms with E-state index in [-0.39, 0.29) is 16.7 Å². The van der Waals surface area contributed by atoms with Crippen LogP contribution < -0.4 is 10.5 Å². The zero-order valence-electron chi connectivity index (χ0n) is 11.9. The minimum atomic E-state index is -0.369. The number of ether oxygens (including phenoxy) is 1. The average Bonchev–Trinajstić information content (AvgIpc) is 2.48. The third-order valence-electron chi connectivity index (χ3n) is 3.21. The molecule has 0 unspecified atom stereocenters. The van der Waals surface area contributed by atoms with E-state index in [1.165, 1.54) is 6.07 Å². The van der Waals surface area contributed by atoms with Crippen LogP contribution in [-0.2, 0) is 6.42 Å². The van der Waals surface area contributed by atoms with Crippen LogP contribution in [0.2, 0.25) is 0 Å². The number of para-hydroxylation sites is 1. The molecule has 5 nitrogen and oxygen atoms in total. The molecule has 2 aromatic rings. The Morgan fingerprint density at radius 3 is 2.71 bits per heavy atom. The molecular weight excluding hydrogens is 268 g/mol. The molecule has 0 aliphatic heterocycles. The molecule has 21 heavy (non-hydrogen) atoms. The van der Waals surface area contributed by atoms with Crippen molar-refractivity contribution in [2.75, 3.05) is 6.61 Å². The summed E-state index contributed by atoms with van der Waals surface area (Å²) in [7, 11) is 0. The maximum Gasteiger partial charge on any atom is 0.272 e. The molecular formula is C16H18N2O3. The fourth-order valence-corrected chi connectivity index (χ4v) is 2.07. The van der Waals surface area contributed by atoms with Gasteiger partial charge in [0.1, 0.15) is 5.75 Å². The lowest BCUT2D eigenvalue weighted by molar-refractivity contribution is -0.385. The van der Waals surface area contributed by atoms with E-state index in [0.717, 1.165) is 11.3 Å². The van der Waals surface area contributed by atoms with Gasteiger partial charge in [0.05, 0.1) is 11.5 Å². The van der Waals surface area contributed by atoms with Crippen molar-refractivity contribution in [1.29, 1.82) is 0 Å². The van der Waals surface area contributed by atoms with E-state index in [2.05, 4.69) is 0 Å². The molecule has 0 saturated carbocycles. The first-order valence-electron chi connectivity index (χ1n) is 6.78. The van der Waals surface area contributed by atoms with Crippen molar-refractivity contribution in [2.45, 2.75) is 19.4 Å². The summed E-state index contributed by atoms with van der Waals surface area (Å²) in [6.45, 7) is 2.29. The summed E-state index contributed by atoms with van der Waals surface area (Å²) in [6, 6.07) is 14.2. The first kappa shape index (κ1) is 15.0. The Bertz CT molecular complexity index is 626. The molecule has 0 radical (unpaired) electrons. The molecule has 0 aromatic heterocycles. The standard InChI is InChI=1S/C16H18N2O3/c1-12(17)14-6-4-7-15(11-14)21-10-9-13-5-2-3-8-16(13)18(19)20/h2-8,11-12H,9-10,17H2,1H3/t12-/m0/s1. The highest BCUT2D eigenvalue weighted by Crippen LogP contribution is 2.20. The van der Waals surface area contributed by atoms with Gasteiger partial charge in [0.15, 0.2) is 0 Å². The van der Waals surface area contributed by atoms with E-state index >= 15 is 0 Å². The van der Waals surface area contributed by atoms with Crippen molar-refractivity contribution in [3.05, 3.63) is 69.8 Å². The van der Waals surface area contributed by atoms with Gasteiger partial charge >= 0.3 is 0 Å². The van der Waals surface area contributed by atoms with Gasteiger partial charge in [0, 0.05) is 24.1 Å². The lowest BCUT2D eigenvalue weighted by Crippen LogP contribution is -2.06. The Labute approximate surface area is 123 Å². The van der Waals surface area contributed by atoms with Crippen LogP contribution in [0.5, 0.6) is 5.75 Å². The number of nitrogens with zero attached hydrogens (tertiary/aromatic N) is 1. The van der Waals surface area contributed by atoms with Crippen LogP contribution in [0, 0.1) is 10.1 Å². The van der Waals surface area contributed by atoms with Crippen LogP contribution in [-0.4, -0.2) is 11.5 Å². The molecule has 1 atom stereocenters. The molecule has 0 fully saturated rings. The summed E-state index contributed by atoms with van der Waals surface area (Å²) in [5.74, 6) is 0.725. The van der Waals surface area contributed by atoms with Crippen LogP contribution >= 0.6 is 0 Å². The second-order valence-corrected chi connectivity index (χ2v) is 4.85. The quantitative estimate of drug-likeness (QED) is 0.653. The normalized spacial score (nSPS) is 11.9. The highest BCUT2D eigenvalue weighted by atomic mass is 16.6. The maximum absolute atomic E-state index is 10.9. The number of benzene rings is 2. The van der Waals surface area contributed by atoms with Crippen molar-refractivity contribution in [2.24, 2.45) is 5.73 Å². The number of hydrogen-bond donors (Lipinski definition) is 1. The number of nitro groups is 1. The van der Waals surface area contributed by atoms with Gasteiger partial charge in [-0.1, -0.05) is 30.3 Å². The molecule has 0 spiro atoms. The molecule has 5 heteroatoms. The predicted octanol–water partition coefficient (Wildman–Crippen LogP) is 3.24. The second-order valence-electron chi connectivity index (χ2n) is 4.85. The topological polar surface area (TPSA) is 78.4 Å². The third-order valence-corrected chi connectivity index (χ3v) is 3.21. The van der Waals surface area contributed by atoms with Crippen molar-refractivity contribution in [1.82, 2.24) is 0 Å². The van der Waals surface area contributed by atoms with Gasteiger partial charge in [-0.15, -0.1) is 0 Å². The first-order chi connectivity index (χ1) is 10.1. The molecule has 0 aliphatic carbocycles. The highest BCUT2D eigenvalue weighted by molar-refractivity contribution is 5.40. The molecule has 2 rings (SSSR count). The molecule has 2 aromatic carbocycles. The number of hydrogen-bond acceptors (Lipinski definition) is 4. The molecule has 110 valence electrons. The van der Waals surface area contributed by atoms with Crippen LogP contribution in [0.4, 0.5) is 5.69 Å². The molecule has 0 bridgehead atoms. The summed E-state index contributed by atoms with van der Waals surface area (Å²) in [6.07, 6.45) is 0.486. The molecule has 0 saturated heterocycles. The van der Waals surface area contributed by atoms with Crippen molar-refractivity contribution < 1.29 is 9.66 Å². The minimum Gasteiger partial charge on any atom is -0.493 e. The number of nitrogens with two attached hydrogens (primary N) is 1. The molecule has 0 aliphatic rings. The summed E-state index contributed by atoms with van der Waals surface area (Å²) < 4.78 is 5.66. The highest BCUT2D eigenvalue weighted by Gasteiger charge is 2.11. The Morgan fingerprint density at radius 2 is 2.00 bits per heavy atom. The third kappa shape index (κ3) is 4.03. The van der Waals surface area contributed by atoms with Gasteiger partial charge in [-0.05, 0) is 24.6 Å². The van der Waals surface area contributed by atoms with Crippen molar-refractivity contribution in [3.63, 3.8) is 0 Å². The first-order valence-corrected chi connectivity index (χ1v) is 6.78. The van der Waals surface area contributed by atoms with E-state index < -0.39 is 0 Å². The lowest BCUT2D eigenvalue weighted by Gasteiger charge is -2.10. The van der Waals surface area contributed by atoms with E-state index in [0.29, 0.717) is 18.6 Å². The summed E-state index contributed by atoms with van der Waals surface area (Å²) in [5.41, 5.74) is 7.63. The zero-order valence-corrected chi connectivity index (χ0v) is 11.9. The fourth-order valence-electron chi connectivity index (χ4n) is 2.07. The molecule has 0 amide bonds. The van der Waals surface area contributed by atoms with Gasteiger partial charge in [-0.2, -0.15) is 0 Å². The monoisotopic (exact) mass is 286 g/mol. The summed E-state index contributed by atoms with van der Waals surface area (Å²) >= 11 is 0. The Morgan fingerprint density at radius 1 is 1.24 bits per heavy atom. The Balaban J connectivity index is 1.99. The van der Waals surface area contributed by atoms with E-state index in [1.54, 1.807) is 18.2 Å². The summed E-state index contributed by atoms with van der Waals surface area (Å²) in [5, 5.41) is 10.9. The summed E-state index contributed by atoms with van der Waals surface area (Å²) in [4.78, 5) is 10.6. The van der Waals surface area contributed by atoms with Crippen LogP contribution in [0.15, 0.2) is 48.5 Å². The predicted molar refractivity (Wildman–Crippen MR) is 81.3 cm³/mol.